The molecule has 4 rings (SSSR count). The highest BCUT2D eigenvalue weighted by Crippen LogP contribution is 2.21. The van der Waals surface area contributed by atoms with Crippen LogP contribution in [-0.4, -0.2) is 92.7 Å². The number of benzene rings is 1. The number of fused-ring (bicyclic) bond motifs is 1. The Morgan fingerprint density at radius 1 is 1.30 bits per heavy atom. The van der Waals surface area contributed by atoms with E-state index in [4.69, 9.17) is 9.57 Å². The molecule has 0 spiro atoms. The van der Waals surface area contributed by atoms with Gasteiger partial charge in [0.15, 0.2) is 16.4 Å². The number of hydrogen-bond acceptors (Lipinski definition) is 9. The SMILES string of the molecule is O=C(COn1nnc2ccc(S(=O)(=O)N3CCOCC3)cc21)N[C@@H]1CCS(=O)(=O)C1. The average molecular weight is 460 g/mol. The number of hydrogen-bond donors (Lipinski definition) is 1. The summed E-state index contributed by atoms with van der Waals surface area (Å²) in [6, 6.07) is 3.91. The summed E-state index contributed by atoms with van der Waals surface area (Å²) in [4.78, 5) is 18.5. The normalized spacial score (nSPS) is 22.2. The zero-order valence-electron chi connectivity index (χ0n) is 15.9. The van der Waals surface area contributed by atoms with E-state index in [-0.39, 0.29) is 29.5 Å². The molecule has 1 atom stereocenters. The molecule has 2 fully saturated rings. The number of sulfonamides is 1. The van der Waals surface area contributed by atoms with Gasteiger partial charge in [0.1, 0.15) is 11.0 Å². The Kier molecular flexibility index (Phi) is 5.65. The largest absolute Gasteiger partial charge is 0.385 e. The molecule has 1 aromatic heterocycles. The van der Waals surface area contributed by atoms with Crippen molar-refractivity contribution in [2.24, 2.45) is 0 Å². The van der Waals surface area contributed by atoms with Crippen LogP contribution in [0.4, 0.5) is 0 Å². The first-order chi connectivity index (χ1) is 14.2. The minimum Gasteiger partial charge on any atom is -0.385 e. The maximum absolute atomic E-state index is 12.8. The van der Waals surface area contributed by atoms with Crippen LogP contribution >= 0.6 is 0 Å². The van der Waals surface area contributed by atoms with E-state index in [1.54, 1.807) is 0 Å². The van der Waals surface area contributed by atoms with Gasteiger partial charge >= 0.3 is 0 Å². The minimum absolute atomic E-state index is 0.0485. The number of rotatable bonds is 6. The molecular weight excluding hydrogens is 438 g/mol. The third-order valence-electron chi connectivity index (χ3n) is 4.91. The van der Waals surface area contributed by atoms with Crippen molar-refractivity contribution in [3.63, 3.8) is 0 Å². The molecule has 14 heteroatoms. The smallest absolute Gasteiger partial charge is 0.261 e. The van der Waals surface area contributed by atoms with E-state index >= 15 is 0 Å². The van der Waals surface area contributed by atoms with Crippen LogP contribution in [0.25, 0.3) is 11.0 Å². The lowest BCUT2D eigenvalue weighted by Gasteiger charge is -2.26. The van der Waals surface area contributed by atoms with Gasteiger partial charge in [-0.05, 0) is 29.8 Å². The fourth-order valence-corrected chi connectivity index (χ4v) is 6.47. The molecule has 12 nitrogen and oxygen atoms in total. The summed E-state index contributed by atoms with van der Waals surface area (Å²) in [6.07, 6.45) is 0.364. The number of nitrogens with zero attached hydrogens (tertiary/aromatic N) is 4. The number of amides is 1. The van der Waals surface area contributed by atoms with E-state index in [0.717, 1.165) is 4.85 Å². The molecule has 30 heavy (non-hydrogen) atoms. The van der Waals surface area contributed by atoms with Crippen LogP contribution in [0.15, 0.2) is 23.1 Å². The van der Waals surface area contributed by atoms with E-state index in [2.05, 4.69) is 15.6 Å². The monoisotopic (exact) mass is 459 g/mol. The van der Waals surface area contributed by atoms with Crippen molar-refractivity contribution in [2.75, 3.05) is 44.4 Å². The molecule has 1 aromatic carbocycles. The molecule has 2 aliphatic heterocycles. The summed E-state index contributed by atoms with van der Waals surface area (Å²) < 4.78 is 55.2. The third kappa shape index (κ3) is 4.40. The summed E-state index contributed by atoms with van der Waals surface area (Å²) in [5.74, 6) is -0.543. The maximum Gasteiger partial charge on any atom is 0.261 e. The highest BCUT2D eigenvalue weighted by Gasteiger charge is 2.29. The Morgan fingerprint density at radius 2 is 2.07 bits per heavy atom. The van der Waals surface area contributed by atoms with Crippen molar-refractivity contribution in [3.8, 4) is 0 Å². The summed E-state index contributed by atoms with van der Waals surface area (Å²) in [7, 11) is -6.82. The van der Waals surface area contributed by atoms with Crippen LogP contribution in [0.2, 0.25) is 0 Å². The van der Waals surface area contributed by atoms with Gasteiger partial charge in [0.2, 0.25) is 10.0 Å². The molecule has 2 aromatic rings. The summed E-state index contributed by atoms with van der Waals surface area (Å²) in [5.41, 5.74) is 0.693. The van der Waals surface area contributed by atoms with E-state index < -0.39 is 38.4 Å². The van der Waals surface area contributed by atoms with Gasteiger partial charge in [-0.3, -0.25) is 4.79 Å². The summed E-state index contributed by atoms with van der Waals surface area (Å²) in [5, 5.41) is 10.3. The Balaban J connectivity index is 1.46. The molecule has 2 aliphatic rings. The number of sulfone groups is 1. The number of carbonyl (C=O) groups is 1. The lowest BCUT2D eigenvalue weighted by molar-refractivity contribution is -0.126. The molecule has 3 heterocycles. The molecule has 1 amide bonds. The topological polar surface area (TPSA) is 150 Å². The number of carbonyl (C=O) groups excluding carboxylic acids is 1. The van der Waals surface area contributed by atoms with Gasteiger partial charge in [0.25, 0.3) is 5.91 Å². The van der Waals surface area contributed by atoms with Crippen molar-refractivity contribution < 1.29 is 31.2 Å². The lowest BCUT2D eigenvalue weighted by atomic mass is 10.2. The lowest BCUT2D eigenvalue weighted by Crippen LogP contribution is -2.40. The number of ether oxygens (including phenoxy) is 1. The van der Waals surface area contributed by atoms with Gasteiger partial charge in [0.05, 0.1) is 29.6 Å². The average Bonchev–Trinajstić information content (AvgIpc) is 3.28. The second kappa shape index (κ2) is 8.09. The molecule has 0 unspecified atom stereocenters. The Labute approximate surface area is 173 Å². The maximum atomic E-state index is 12.8. The minimum atomic E-state index is -3.71. The molecule has 1 N–H and O–H groups in total. The highest BCUT2D eigenvalue weighted by molar-refractivity contribution is 7.91. The summed E-state index contributed by atoms with van der Waals surface area (Å²) >= 11 is 0. The first kappa shape index (κ1) is 21.0. The number of nitrogens with one attached hydrogen (secondary N) is 1. The molecule has 2 saturated heterocycles. The van der Waals surface area contributed by atoms with Gasteiger partial charge in [0, 0.05) is 19.1 Å². The molecule has 0 aliphatic carbocycles. The van der Waals surface area contributed by atoms with E-state index in [1.807, 2.05) is 0 Å². The molecular formula is C16H21N5O7S2. The second-order valence-electron chi connectivity index (χ2n) is 7.07. The predicted molar refractivity (Wildman–Crippen MR) is 104 cm³/mol. The van der Waals surface area contributed by atoms with Gasteiger partial charge in [-0.2, -0.15) is 4.31 Å². The zero-order valence-corrected chi connectivity index (χ0v) is 17.6. The van der Waals surface area contributed by atoms with Crippen LogP contribution < -0.4 is 10.2 Å². The highest BCUT2D eigenvalue weighted by atomic mass is 32.2. The molecule has 0 bridgehead atoms. The van der Waals surface area contributed by atoms with E-state index in [0.29, 0.717) is 30.7 Å². The fraction of sp³-hybridized carbons (Fsp3) is 0.562. The first-order valence-corrected chi connectivity index (χ1v) is 12.6. The van der Waals surface area contributed by atoms with Gasteiger partial charge < -0.3 is 14.9 Å². The standard InChI is InChI=1S/C16H21N5O7S2/c22-16(17-12-3-8-29(23,24)11-12)10-28-21-15-9-13(1-2-14(15)18-19-21)30(25,26)20-4-6-27-7-5-20/h1-2,9,12H,3-8,10-11H2,(H,17,22)/t12-/m1/s1. The van der Waals surface area contributed by atoms with Gasteiger partial charge in [-0.1, -0.05) is 4.85 Å². The van der Waals surface area contributed by atoms with Crippen molar-refractivity contribution in [2.45, 2.75) is 17.4 Å². The van der Waals surface area contributed by atoms with Crippen molar-refractivity contribution in [1.82, 2.24) is 24.8 Å². The molecule has 0 saturated carbocycles. The third-order valence-corrected chi connectivity index (χ3v) is 8.57. The fourth-order valence-electron chi connectivity index (χ4n) is 3.37. The van der Waals surface area contributed by atoms with Crippen LogP contribution in [0.5, 0.6) is 0 Å². The Hall–Kier alpha value is -2.29. The van der Waals surface area contributed by atoms with Crippen molar-refractivity contribution >= 4 is 36.8 Å². The van der Waals surface area contributed by atoms with Crippen LogP contribution in [0.3, 0.4) is 0 Å². The van der Waals surface area contributed by atoms with E-state index in [1.165, 1.54) is 22.5 Å². The van der Waals surface area contributed by atoms with Crippen LogP contribution in [-0.2, 0) is 29.4 Å². The van der Waals surface area contributed by atoms with Crippen LogP contribution in [0.1, 0.15) is 6.42 Å². The van der Waals surface area contributed by atoms with Crippen molar-refractivity contribution in [3.05, 3.63) is 18.2 Å². The zero-order chi connectivity index (χ0) is 21.4. The van der Waals surface area contributed by atoms with Crippen LogP contribution in [0, 0.1) is 0 Å². The summed E-state index contributed by atoms with van der Waals surface area (Å²) in [6.45, 7) is 0.787. The first-order valence-electron chi connectivity index (χ1n) is 9.31. The van der Waals surface area contributed by atoms with E-state index in [9.17, 15) is 21.6 Å². The Bertz CT molecular complexity index is 1160. The number of morpholine rings is 1. The predicted octanol–water partition coefficient (Wildman–Crippen LogP) is -1.82. The number of aromatic nitrogens is 3. The molecule has 164 valence electrons. The quantitative estimate of drug-likeness (QED) is 0.527. The Morgan fingerprint density at radius 3 is 2.77 bits per heavy atom. The van der Waals surface area contributed by atoms with Gasteiger partial charge in [-0.15, -0.1) is 5.10 Å². The van der Waals surface area contributed by atoms with Gasteiger partial charge in [-0.25, -0.2) is 16.8 Å². The second-order valence-corrected chi connectivity index (χ2v) is 11.2. The molecule has 0 radical (unpaired) electrons. The van der Waals surface area contributed by atoms with Crippen molar-refractivity contribution in [1.29, 1.82) is 0 Å².